The van der Waals surface area contributed by atoms with E-state index in [9.17, 15) is 18.4 Å². The SMILES string of the molecule is O=C(NCCNC(=O)c1c(F)cccc1F)NC[C@@H]1CCOC1. The van der Waals surface area contributed by atoms with Gasteiger partial charge in [-0.1, -0.05) is 6.07 Å². The average molecular weight is 327 g/mol. The number of rotatable bonds is 6. The molecule has 8 heteroatoms. The van der Waals surface area contributed by atoms with E-state index in [2.05, 4.69) is 16.0 Å². The predicted octanol–water partition coefficient (Wildman–Crippen LogP) is 1.03. The minimum Gasteiger partial charge on any atom is -0.381 e. The van der Waals surface area contributed by atoms with E-state index >= 15 is 0 Å². The van der Waals surface area contributed by atoms with Crippen molar-refractivity contribution in [1.29, 1.82) is 0 Å². The Morgan fingerprint density at radius 3 is 2.48 bits per heavy atom. The van der Waals surface area contributed by atoms with Gasteiger partial charge in [0, 0.05) is 32.2 Å². The predicted molar refractivity (Wildman–Crippen MR) is 79.0 cm³/mol. The van der Waals surface area contributed by atoms with Gasteiger partial charge in [0.2, 0.25) is 0 Å². The molecule has 23 heavy (non-hydrogen) atoms. The normalized spacial score (nSPS) is 16.9. The Morgan fingerprint density at radius 1 is 1.13 bits per heavy atom. The van der Waals surface area contributed by atoms with Gasteiger partial charge >= 0.3 is 6.03 Å². The number of urea groups is 1. The molecular formula is C15H19F2N3O3. The lowest BCUT2D eigenvalue weighted by Gasteiger charge is -2.11. The van der Waals surface area contributed by atoms with E-state index in [1.54, 1.807) is 0 Å². The number of hydrogen-bond donors (Lipinski definition) is 3. The summed E-state index contributed by atoms with van der Waals surface area (Å²) in [5, 5.41) is 7.60. The topological polar surface area (TPSA) is 79.5 Å². The molecule has 1 aromatic carbocycles. The smallest absolute Gasteiger partial charge is 0.314 e. The monoisotopic (exact) mass is 327 g/mol. The standard InChI is InChI=1S/C15H19F2N3O3/c16-11-2-1-3-12(17)13(11)14(21)18-5-6-19-15(22)20-8-10-4-7-23-9-10/h1-3,10H,4-9H2,(H,18,21)(H2,19,20,22)/t10-/m0/s1. The molecule has 0 spiro atoms. The van der Waals surface area contributed by atoms with Gasteiger partial charge in [-0.05, 0) is 18.6 Å². The third-order valence-corrected chi connectivity index (χ3v) is 3.46. The molecule has 0 bridgehead atoms. The van der Waals surface area contributed by atoms with Crippen molar-refractivity contribution in [1.82, 2.24) is 16.0 Å². The first-order chi connectivity index (χ1) is 11.1. The molecule has 0 unspecified atom stereocenters. The zero-order chi connectivity index (χ0) is 16.7. The molecule has 0 radical (unpaired) electrons. The van der Waals surface area contributed by atoms with Crippen LogP contribution in [0.15, 0.2) is 18.2 Å². The van der Waals surface area contributed by atoms with Gasteiger partial charge in [-0.3, -0.25) is 4.79 Å². The fourth-order valence-electron chi connectivity index (χ4n) is 2.20. The lowest BCUT2D eigenvalue weighted by Crippen LogP contribution is -2.42. The van der Waals surface area contributed by atoms with Crippen LogP contribution in [0.3, 0.4) is 0 Å². The Labute approximate surface area is 132 Å². The molecule has 1 saturated heterocycles. The van der Waals surface area contributed by atoms with Gasteiger partial charge in [-0.25, -0.2) is 13.6 Å². The number of carbonyl (C=O) groups is 2. The maximum atomic E-state index is 13.4. The summed E-state index contributed by atoms with van der Waals surface area (Å²) in [4.78, 5) is 23.2. The lowest BCUT2D eigenvalue weighted by molar-refractivity contribution is 0.0945. The Kier molecular flexibility index (Phi) is 6.28. The molecule has 0 aromatic heterocycles. The summed E-state index contributed by atoms with van der Waals surface area (Å²) in [7, 11) is 0. The summed E-state index contributed by atoms with van der Waals surface area (Å²) in [5.41, 5.74) is -0.627. The lowest BCUT2D eigenvalue weighted by atomic mass is 10.1. The molecule has 126 valence electrons. The van der Waals surface area contributed by atoms with Crippen LogP contribution in [0, 0.1) is 17.6 Å². The zero-order valence-corrected chi connectivity index (χ0v) is 12.5. The first-order valence-electron chi connectivity index (χ1n) is 7.39. The minimum atomic E-state index is -0.924. The van der Waals surface area contributed by atoms with Crippen molar-refractivity contribution in [3.8, 4) is 0 Å². The Bertz CT molecular complexity index is 543. The summed E-state index contributed by atoms with van der Waals surface area (Å²) in [5.74, 6) is -2.38. The van der Waals surface area contributed by atoms with E-state index in [4.69, 9.17) is 4.74 Å². The van der Waals surface area contributed by atoms with Crippen LogP contribution in [0.5, 0.6) is 0 Å². The first-order valence-corrected chi connectivity index (χ1v) is 7.39. The van der Waals surface area contributed by atoms with Gasteiger partial charge in [0.05, 0.1) is 6.61 Å². The average Bonchev–Trinajstić information content (AvgIpc) is 3.03. The van der Waals surface area contributed by atoms with Crippen LogP contribution < -0.4 is 16.0 Å². The third-order valence-electron chi connectivity index (χ3n) is 3.46. The molecule has 3 N–H and O–H groups in total. The molecule has 1 aromatic rings. The zero-order valence-electron chi connectivity index (χ0n) is 12.5. The highest BCUT2D eigenvalue weighted by molar-refractivity contribution is 5.94. The Hall–Kier alpha value is -2.22. The largest absolute Gasteiger partial charge is 0.381 e. The van der Waals surface area contributed by atoms with Crippen LogP contribution in [-0.2, 0) is 4.74 Å². The van der Waals surface area contributed by atoms with E-state index in [0.717, 1.165) is 18.6 Å². The number of benzene rings is 1. The maximum absolute atomic E-state index is 13.4. The number of carbonyl (C=O) groups excluding carboxylic acids is 2. The maximum Gasteiger partial charge on any atom is 0.314 e. The van der Waals surface area contributed by atoms with Crippen molar-refractivity contribution >= 4 is 11.9 Å². The highest BCUT2D eigenvalue weighted by atomic mass is 19.1. The molecule has 1 fully saturated rings. The van der Waals surface area contributed by atoms with Crippen molar-refractivity contribution in [3.63, 3.8) is 0 Å². The number of ether oxygens (including phenoxy) is 1. The van der Waals surface area contributed by atoms with E-state index in [-0.39, 0.29) is 19.1 Å². The number of hydrogen-bond acceptors (Lipinski definition) is 3. The van der Waals surface area contributed by atoms with Crippen LogP contribution >= 0.6 is 0 Å². The fraction of sp³-hybridized carbons (Fsp3) is 0.467. The van der Waals surface area contributed by atoms with E-state index < -0.39 is 23.1 Å². The van der Waals surface area contributed by atoms with Crippen molar-refractivity contribution in [3.05, 3.63) is 35.4 Å². The van der Waals surface area contributed by atoms with Gasteiger partial charge in [0.1, 0.15) is 17.2 Å². The quantitative estimate of drug-likeness (QED) is 0.683. The molecular weight excluding hydrogens is 308 g/mol. The summed E-state index contributed by atoms with van der Waals surface area (Å²) in [6, 6.07) is 2.85. The highest BCUT2D eigenvalue weighted by Gasteiger charge is 2.17. The van der Waals surface area contributed by atoms with Gasteiger partial charge < -0.3 is 20.7 Å². The molecule has 0 saturated carbocycles. The van der Waals surface area contributed by atoms with Gasteiger partial charge in [-0.15, -0.1) is 0 Å². The molecule has 1 atom stereocenters. The first kappa shape index (κ1) is 17.1. The summed E-state index contributed by atoms with van der Waals surface area (Å²) >= 11 is 0. The fourth-order valence-corrected chi connectivity index (χ4v) is 2.20. The second-order valence-electron chi connectivity index (χ2n) is 5.22. The third kappa shape index (κ3) is 5.17. The van der Waals surface area contributed by atoms with Crippen molar-refractivity contribution in [2.24, 2.45) is 5.92 Å². The van der Waals surface area contributed by atoms with Crippen LogP contribution in [-0.4, -0.2) is 44.8 Å². The Morgan fingerprint density at radius 2 is 1.83 bits per heavy atom. The van der Waals surface area contributed by atoms with Gasteiger partial charge in [-0.2, -0.15) is 0 Å². The van der Waals surface area contributed by atoms with Crippen molar-refractivity contribution in [2.75, 3.05) is 32.8 Å². The number of amides is 3. The highest BCUT2D eigenvalue weighted by Crippen LogP contribution is 2.11. The minimum absolute atomic E-state index is 0.0621. The molecule has 1 aliphatic rings. The molecule has 0 aliphatic carbocycles. The van der Waals surface area contributed by atoms with Crippen molar-refractivity contribution < 1.29 is 23.1 Å². The molecule has 6 nitrogen and oxygen atoms in total. The second kappa shape index (κ2) is 8.42. The summed E-state index contributed by atoms with van der Waals surface area (Å²) < 4.78 is 32.0. The number of halogens is 2. The van der Waals surface area contributed by atoms with E-state index in [1.165, 1.54) is 6.07 Å². The van der Waals surface area contributed by atoms with Gasteiger partial charge in [0.25, 0.3) is 5.91 Å². The molecule has 2 rings (SSSR count). The van der Waals surface area contributed by atoms with Crippen molar-refractivity contribution in [2.45, 2.75) is 6.42 Å². The summed E-state index contributed by atoms with van der Waals surface area (Å²) in [6.45, 7) is 2.09. The van der Waals surface area contributed by atoms with Gasteiger partial charge in [0.15, 0.2) is 0 Å². The Balaban J connectivity index is 1.64. The van der Waals surface area contributed by atoms with Crippen LogP contribution in [0.4, 0.5) is 13.6 Å². The molecule has 1 heterocycles. The second-order valence-corrected chi connectivity index (χ2v) is 5.22. The van der Waals surface area contributed by atoms with Crippen LogP contribution in [0.1, 0.15) is 16.8 Å². The molecule has 1 aliphatic heterocycles. The van der Waals surface area contributed by atoms with Crippen LogP contribution in [0.2, 0.25) is 0 Å². The van der Waals surface area contributed by atoms with Crippen LogP contribution in [0.25, 0.3) is 0 Å². The molecule has 3 amide bonds. The van der Waals surface area contributed by atoms with E-state index in [1.807, 2.05) is 0 Å². The summed E-state index contributed by atoms with van der Waals surface area (Å²) in [6.07, 6.45) is 0.921. The number of nitrogens with one attached hydrogen (secondary N) is 3. The van der Waals surface area contributed by atoms with E-state index in [0.29, 0.717) is 25.7 Å².